The van der Waals surface area contributed by atoms with Gasteiger partial charge >= 0.3 is 18.0 Å². The lowest BCUT2D eigenvalue weighted by atomic mass is 10.2. The number of aliphatic hydroxyl groups excluding tert-OH is 1. The van der Waals surface area contributed by atoms with Gasteiger partial charge in [0.2, 0.25) is 0 Å². The van der Waals surface area contributed by atoms with Crippen LogP contribution < -0.4 is 10.6 Å². The van der Waals surface area contributed by atoms with Crippen LogP contribution in [0.25, 0.3) is 0 Å². The molecule has 0 aromatic heterocycles. The number of amides is 2. The number of hydrogen-bond donors (Lipinski definition) is 3. The predicted octanol–water partition coefficient (Wildman–Crippen LogP) is 1.53. The second-order valence-electron chi connectivity index (χ2n) is 4.29. The van der Waals surface area contributed by atoms with E-state index in [1.165, 1.54) is 6.07 Å². The van der Waals surface area contributed by atoms with E-state index in [-0.39, 0.29) is 12.3 Å². The van der Waals surface area contributed by atoms with Crippen LogP contribution in [0, 0.1) is 0 Å². The molecule has 3 N–H and O–H groups in total. The first-order valence-electron chi connectivity index (χ1n) is 6.18. The molecule has 0 aliphatic heterocycles. The highest BCUT2D eigenvalue weighted by Crippen LogP contribution is 2.30. The van der Waals surface area contributed by atoms with E-state index >= 15 is 0 Å². The maximum atomic E-state index is 12.5. The number of carbonyl (C=O) groups is 2. The Morgan fingerprint density at radius 2 is 1.95 bits per heavy atom. The first-order valence-corrected chi connectivity index (χ1v) is 6.18. The Kier molecular flexibility index (Phi) is 5.71. The van der Waals surface area contributed by atoms with Crippen molar-refractivity contribution in [1.82, 2.24) is 5.32 Å². The summed E-state index contributed by atoms with van der Waals surface area (Å²) in [5.74, 6) is -2.12. The Balaban J connectivity index is 2.73. The number of benzene rings is 1. The number of nitrogens with one attached hydrogen (secondary N) is 2. The maximum absolute atomic E-state index is 12.5. The monoisotopic (exact) mass is 304 g/mol. The molecule has 0 saturated heterocycles. The molecule has 0 heterocycles. The fourth-order valence-electron chi connectivity index (χ4n) is 1.49. The molecule has 0 fully saturated rings. The van der Waals surface area contributed by atoms with Gasteiger partial charge in [-0.3, -0.25) is 9.59 Å². The second-order valence-corrected chi connectivity index (χ2v) is 4.29. The van der Waals surface area contributed by atoms with Gasteiger partial charge in [0.05, 0.1) is 18.2 Å². The zero-order valence-electron chi connectivity index (χ0n) is 11.2. The standard InChI is InChI=1S/C13H15F3N2O3/c1-2-9(7-19)17-11(20)12(21)18-10-5-3-4-8(6-10)13(14,15)16/h3-6,9,19H,2,7H2,1H3,(H,17,20)(H,18,21)/t9-/m1/s1. The molecule has 0 unspecified atom stereocenters. The smallest absolute Gasteiger partial charge is 0.394 e. The van der Waals surface area contributed by atoms with Gasteiger partial charge in [-0.25, -0.2) is 0 Å². The number of aliphatic hydroxyl groups is 1. The highest BCUT2D eigenvalue weighted by Gasteiger charge is 2.30. The number of halogens is 3. The number of alkyl halides is 3. The highest BCUT2D eigenvalue weighted by molar-refractivity contribution is 6.39. The van der Waals surface area contributed by atoms with Crippen molar-refractivity contribution in [2.75, 3.05) is 11.9 Å². The Morgan fingerprint density at radius 1 is 1.29 bits per heavy atom. The van der Waals surface area contributed by atoms with E-state index in [1.807, 2.05) is 0 Å². The lowest BCUT2D eigenvalue weighted by Gasteiger charge is -2.14. The van der Waals surface area contributed by atoms with Crippen molar-refractivity contribution in [1.29, 1.82) is 0 Å². The van der Waals surface area contributed by atoms with Crippen molar-refractivity contribution in [2.24, 2.45) is 0 Å². The third-order valence-electron chi connectivity index (χ3n) is 2.70. The van der Waals surface area contributed by atoms with E-state index in [9.17, 15) is 22.8 Å². The molecule has 1 aromatic rings. The van der Waals surface area contributed by atoms with Gasteiger partial charge < -0.3 is 15.7 Å². The maximum Gasteiger partial charge on any atom is 0.416 e. The van der Waals surface area contributed by atoms with Crippen molar-refractivity contribution in [3.05, 3.63) is 29.8 Å². The summed E-state index contributed by atoms with van der Waals surface area (Å²) in [7, 11) is 0. The minimum Gasteiger partial charge on any atom is -0.394 e. The van der Waals surface area contributed by atoms with Gasteiger partial charge in [-0.15, -0.1) is 0 Å². The molecule has 0 bridgehead atoms. The summed E-state index contributed by atoms with van der Waals surface area (Å²) >= 11 is 0. The fraction of sp³-hybridized carbons (Fsp3) is 0.385. The minimum atomic E-state index is -4.53. The molecule has 0 aliphatic carbocycles. The summed E-state index contributed by atoms with van der Waals surface area (Å²) in [5.41, 5.74) is -1.07. The highest BCUT2D eigenvalue weighted by atomic mass is 19.4. The van der Waals surface area contributed by atoms with E-state index in [0.717, 1.165) is 18.2 Å². The van der Waals surface area contributed by atoms with Crippen molar-refractivity contribution in [3.8, 4) is 0 Å². The van der Waals surface area contributed by atoms with Gasteiger partial charge in [0, 0.05) is 5.69 Å². The van der Waals surface area contributed by atoms with Crippen LogP contribution in [-0.4, -0.2) is 29.6 Å². The van der Waals surface area contributed by atoms with E-state index in [2.05, 4.69) is 10.6 Å². The molecular weight excluding hydrogens is 289 g/mol. The zero-order chi connectivity index (χ0) is 16.0. The summed E-state index contributed by atoms with van der Waals surface area (Å²) in [4.78, 5) is 23.1. The van der Waals surface area contributed by atoms with Crippen LogP contribution in [0.15, 0.2) is 24.3 Å². The molecule has 116 valence electrons. The third-order valence-corrected chi connectivity index (χ3v) is 2.70. The molecule has 1 atom stereocenters. The lowest BCUT2D eigenvalue weighted by Crippen LogP contribution is -2.43. The zero-order valence-corrected chi connectivity index (χ0v) is 11.2. The molecule has 0 spiro atoms. The number of rotatable bonds is 4. The van der Waals surface area contributed by atoms with Crippen LogP contribution in [0.5, 0.6) is 0 Å². The van der Waals surface area contributed by atoms with Gasteiger partial charge in [-0.05, 0) is 24.6 Å². The van der Waals surface area contributed by atoms with Crippen molar-refractivity contribution in [3.63, 3.8) is 0 Å². The molecule has 1 rings (SSSR count). The molecule has 21 heavy (non-hydrogen) atoms. The third kappa shape index (κ3) is 5.07. The Hall–Kier alpha value is -2.09. The van der Waals surface area contributed by atoms with E-state index in [0.29, 0.717) is 6.42 Å². The van der Waals surface area contributed by atoms with Crippen molar-refractivity contribution in [2.45, 2.75) is 25.6 Å². The second kappa shape index (κ2) is 7.07. The van der Waals surface area contributed by atoms with Gasteiger partial charge in [-0.2, -0.15) is 13.2 Å². The summed E-state index contributed by atoms with van der Waals surface area (Å²) in [6.07, 6.45) is -4.12. The summed E-state index contributed by atoms with van der Waals surface area (Å²) in [5, 5.41) is 13.2. The van der Waals surface area contributed by atoms with Crippen molar-refractivity contribution >= 4 is 17.5 Å². The number of carbonyl (C=O) groups excluding carboxylic acids is 2. The van der Waals surface area contributed by atoms with Gasteiger partial charge in [0.25, 0.3) is 0 Å². The normalized spacial score (nSPS) is 12.6. The van der Waals surface area contributed by atoms with Crippen LogP contribution in [-0.2, 0) is 15.8 Å². The molecule has 5 nitrogen and oxygen atoms in total. The predicted molar refractivity (Wildman–Crippen MR) is 69.4 cm³/mol. The van der Waals surface area contributed by atoms with Gasteiger partial charge in [0.15, 0.2) is 0 Å². The van der Waals surface area contributed by atoms with Crippen LogP contribution in [0.3, 0.4) is 0 Å². The lowest BCUT2D eigenvalue weighted by molar-refractivity contribution is -0.137. The molecule has 2 amide bonds. The average Bonchev–Trinajstić information content (AvgIpc) is 2.43. The van der Waals surface area contributed by atoms with E-state index < -0.39 is 29.6 Å². The number of anilines is 1. The first-order chi connectivity index (χ1) is 9.77. The quantitative estimate of drug-likeness (QED) is 0.738. The van der Waals surface area contributed by atoms with E-state index in [4.69, 9.17) is 5.11 Å². The largest absolute Gasteiger partial charge is 0.416 e. The molecular formula is C13H15F3N2O3. The Morgan fingerprint density at radius 3 is 2.48 bits per heavy atom. The SMILES string of the molecule is CC[C@H](CO)NC(=O)C(=O)Nc1cccc(C(F)(F)F)c1. The summed E-state index contributed by atoms with van der Waals surface area (Å²) < 4.78 is 37.5. The van der Waals surface area contributed by atoms with Crippen LogP contribution in [0.1, 0.15) is 18.9 Å². The Bertz CT molecular complexity index is 514. The molecule has 8 heteroatoms. The van der Waals surface area contributed by atoms with E-state index in [1.54, 1.807) is 6.92 Å². The fourth-order valence-corrected chi connectivity index (χ4v) is 1.49. The molecule has 0 aliphatic rings. The molecule has 0 radical (unpaired) electrons. The Labute approximate surface area is 119 Å². The van der Waals surface area contributed by atoms with Gasteiger partial charge in [0.1, 0.15) is 0 Å². The average molecular weight is 304 g/mol. The first kappa shape index (κ1) is 17.0. The van der Waals surface area contributed by atoms with Crippen LogP contribution >= 0.6 is 0 Å². The summed E-state index contributed by atoms with van der Waals surface area (Å²) in [6, 6.07) is 3.37. The van der Waals surface area contributed by atoms with Crippen LogP contribution in [0.2, 0.25) is 0 Å². The van der Waals surface area contributed by atoms with Gasteiger partial charge in [-0.1, -0.05) is 13.0 Å². The molecule has 1 aromatic carbocycles. The van der Waals surface area contributed by atoms with Crippen molar-refractivity contribution < 1.29 is 27.9 Å². The summed E-state index contributed by atoms with van der Waals surface area (Å²) in [6.45, 7) is 1.37. The minimum absolute atomic E-state index is 0.137. The molecule has 0 saturated carbocycles. The number of hydrogen-bond acceptors (Lipinski definition) is 3. The van der Waals surface area contributed by atoms with Crippen LogP contribution in [0.4, 0.5) is 18.9 Å². The topological polar surface area (TPSA) is 78.4 Å².